The topological polar surface area (TPSA) is 87.9 Å². The number of nitrogens with two attached hydrogens (primary N) is 1. The molecule has 0 aliphatic carbocycles. The van der Waals surface area contributed by atoms with Crippen LogP contribution in [0.25, 0.3) is 0 Å². The SMILES string of the molecule is CCCCC(N)C(=O)N(C)Cc1n[nH]c(C)n1. The molecule has 1 atom stereocenters. The van der Waals surface area contributed by atoms with E-state index >= 15 is 0 Å². The molecule has 1 aromatic heterocycles. The molecular formula is C11H21N5O. The van der Waals surface area contributed by atoms with Crippen LogP contribution in [0.5, 0.6) is 0 Å². The summed E-state index contributed by atoms with van der Waals surface area (Å²) in [7, 11) is 1.72. The van der Waals surface area contributed by atoms with Crippen molar-refractivity contribution in [3.63, 3.8) is 0 Å². The first kappa shape index (κ1) is 13.6. The number of nitrogens with one attached hydrogen (secondary N) is 1. The minimum absolute atomic E-state index is 0.0547. The number of carbonyl (C=O) groups is 1. The molecule has 1 heterocycles. The molecule has 1 rings (SSSR count). The number of aromatic amines is 1. The van der Waals surface area contributed by atoms with E-state index in [0.29, 0.717) is 12.4 Å². The molecule has 3 N–H and O–H groups in total. The minimum Gasteiger partial charge on any atom is -0.337 e. The van der Waals surface area contributed by atoms with E-state index < -0.39 is 6.04 Å². The van der Waals surface area contributed by atoms with Crippen LogP contribution in [-0.2, 0) is 11.3 Å². The zero-order valence-corrected chi connectivity index (χ0v) is 10.7. The zero-order chi connectivity index (χ0) is 12.8. The summed E-state index contributed by atoms with van der Waals surface area (Å²) < 4.78 is 0. The summed E-state index contributed by atoms with van der Waals surface area (Å²) in [4.78, 5) is 17.6. The van der Waals surface area contributed by atoms with Gasteiger partial charge in [0.15, 0.2) is 5.82 Å². The van der Waals surface area contributed by atoms with Crippen LogP contribution in [-0.4, -0.2) is 39.1 Å². The first-order valence-corrected chi connectivity index (χ1v) is 5.93. The molecule has 0 radical (unpaired) electrons. The number of rotatable bonds is 6. The highest BCUT2D eigenvalue weighted by molar-refractivity contribution is 5.81. The van der Waals surface area contributed by atoms with Gasteiger partial charge in [-0.2, -0.15) is 5.10 Å². The van der Waals surface area contributed by atoms with E-state index in [2.05, 4.69) is 22.1 Å². The second-order valence-corrected chi connectivity index (χ2v) is 4.28. The number of amides is 1. The molecule has 0 saturated heterocycles. The average molecular weight is 239 g/mol. The quantitative estimate of drug-likeness (QED) is 0.760. The molecule has 0 spiro atoms. The highest BCUT2D eigenvalue weighted by Crippen LogP contribution is 2.04. The number of unbranched alkanes of at least 4 members (excludes halogenated alkanes) is 1. The number of carbonyl (C=O) groups excluding carboxylic acids is 1. The summed E-state index contributed by atoms with van der Waals surface area (Å²) >= 11 is 0. The number of aromatic nitrogens is 3. The Morgan fingerprint density at radius 3 is 2.82 bits per heavy atom. The lowest BCUT2D eigenvalue weighted by molar-refractivity contribution is -0.132. The summed E-state index contributed by atoms with van der Waals surface area (Å²) in [6, 6.07) is -0.417. The third-order valence-electron chi connectivity index (χ3n) is 2.58. The third-order valence-corrected chi connectivity index (χ3v) is 2.58. The van der Waals surface area contributed by atoms with E-state index in [-0.39, 0.29) is 5.91 Å². The van der Waals surface area contributed by atoms with Crippen molar-refractivity contribution >= 4 is 5.91 Å². The van der Waals surface area contributed by atoms with Gasteiger partial charge in [0.2, 0.25) is 5.91 Å². The molecule has 6 nitrogen and oxygen atoms in total. The van der Waals surface area contributed by atoms with Gasteiger partial charge in [-0.3, -0.25) is 9.89 Å². The standard InChI is InChI=1S/C11H21N5O/c1-4-5-6-9(12)11(17)16(3)7-10-13-8(2)14-15-10/h9H,4-7,12H2,1-3H3,(H,13,14,15). The summed E-state index contributed by atoms with van der Waals surface area (Å²) in [5.41, 5.74) is 5.82. The lowest BCUT2D eigenvalue weighted by Gasteiger charge is -2.19. The molecule has 1 amide bonds. The monoisotopic (exact) mass is 239 g/mol. The van der Waals surface area contributed by atoms with Gasteiger partial charge < -0.3 is 10.6 Å². The predicted octanol–water partition coefficient (Wildman–Crippen LogP) is 0.589. The number of hydrogen-bond donors (Lipinski definition) is 2. The van der Waals surface area contributed by atoms with Gasteiger partial charge in [0.05, 0.1) is 12.6 Å². The van der Waals surface area contributed by atoms with Gasteiger partial charge in [-0.25, -0.2) is 4.98 Å². The van der Waals surface area contributed by atoms with Gasteiger partial charge in [0.25, 0.3) is 0 Å². The Hall–Kier alpha value is -1.43. The van der Waals surface area contributed by atoms with Crippen molar-refractivity contribution in [2.75, 3.05) is 7.05 Å². The second-order valence-electron chi connectivity index (χ2n) is 4.28. The van der Waals surface area contributed by atoms with Crippen molar-refractivity contribution in [2.24, 2.45) is 5.73 Å². The van der Waals surface area contributed by atoms with E-state index in [1.807, 2.05) is 6.92 Å². The van der Waals surface area contributed by atoms with Crippen molar-refractivity contribution in [1.82, 2.24) is 20.1 Å². The van der Waals surface area contributed by atoms with E-state index in [9.17, 15) is 4.79 Å². The molecule has 96 valence electrons. The number of hydrogen-bond acceptors (Lipinski definition) is 4. The maximum absolute atomic E-state index is 11.9. The molecule has 6 heteroatoms. The molecule has 0 aliphatic rings. The minimum atomic E-state index is -0.417. The Morgan fingerprint density at radius 2 is 2.29 bits per heavy atom. The van der Waals surface area contributed by atoms with Crippen LogP contribution in [0.4, 0.5) is 0 Å². The fourth-order valence-corrected chi connectivity index (χ4v) is 1.58. The molecule has 1 aromatic rings. The average Bonchev–Trinajstić information content (AvgIpc) is 2.70. The van der Waals surface area contributed by atoms with E-state index in [0.717, 1.165) is 25.1 Å². The molecule has 0 fully saturated rings. The van der Waals surface area contributed by atoms with Gasteiger partial charge in [0, 0.05) is 7.05 Å². The van der Waals surface area contributed by atoms with Crippen molar-refractivity contribution in [2.45, 2.75) is 45.7 Å². The van der Waals surface area contributed by atoms with E-state index in [1.165, 1.54) is 0 Å². The fraction of sp³-hybridized carbons (Fsp3) is 0.727. The highest BCUT2D eigenvalue weighted by atomic mass is 16.2. The maximum atomic E-state index is 11.9. The first-order chi connectivity index (χ1) is 8.04. The molecule has 0 bridgehead atoms. The van der Waals surface area contributed by atoms with Gasteiger partial charge >= 0.3 is 0 Å². The second kappa shape index (κ2) is 6.34. The van der Waals surface area contributed by atoms with Crippen LogP contribution in [0.2, 0.25) is 0 Å². The lowest BCUT2D eigenvalue weighted by Crippen LogP contribution is -2.41. The van der Waals surface area contributed by atoms with Crippen LogP contribution in [0, 0.1) is 6.92 Å². The Labute approximate surface area is 102 Å². The summed E-state index contributed by atoms with van der Waals surface area (Å²) in [5, 5.41) is 6.73. The van der Waals surface area contributed by atoms with E-state index in [4.69, 9.17) is 5.73 Å². The lowest BCUT2D eigenvalue weighted by atomic mass is 10.1. The van der Waals surface area contributed by atoms with Crippen molar-refractivity contribution in [3.8, 4) is 0 Å². The van der Waals surface area contributed by atoms with Crippen LogP contribution >= 0.6 is 0 Å². The molecule has 0 saturated carbocycles. The summed E-state index contributed by atoms with van der Waals surface area (Å²) in [6.07, 6.45) is 2.75. The summed E-state index contributed by atoms with van der Waals surface area (Å²) in [5.74, 6) is 1.30. The number of aryl methyl sites for hydroxylation is 1. The van der Waals surface area contributed by atoms with Gasteiger partial charge in [0.1, 0.15) is 5.82 Å². The highest BCUT2D eigenvalue weighted by Gasteiger charge is 2.18. The number of nitrogens with zero attached hydrogens (tertiary/aromatic N) is 3. The molecule has 0 aromatic carbocycles. The smallest absolute Gasteiger partial charge is 0.239 e. The van der Waals surface area contributed by atoms with E-state index in [1.54, 1.807) is 11.9 Å². The Kier molecular flexibility index (Phi) is 5.09. The Bertz CT molecular complexity index is 362. The molecule has 0 aliphatic heterocycles. The van der Waals surface area contributed by atoms with Crippen LogP contribution < -0.4 is 5.73 Å². The van der Waals surface area contributed by atoms with Crippen LogP contribution in [0.1, 0.15) is 37.8 Å². The van der Waals surface area contributed by atoms with Crippen LogP contribution in [0.15, 0.2) is 0 Å². The largest absolute Gasteiger partial charge is 0.337 e. The zero-order valence-electron chi connectivity index (χ0n) is 10.7. The molecular weight excluding hydrogens is 218 g/mol. The van der Waals surface area contributed by atoms with Crippen molar-refractivity contribution in [1.29, 1.82) is 0 Å². The Balaban J connectivity index is 2.46. The fourth-order valence-electron chi connectivity index (χ4n) is 1.58. The maximum Gasteiger partial charge on any atom is 0.239 e. The van der Waals surface area contributed by atoms with Gasteiger partial charge in [-0.15, -0.1) is 0 Å². The first-order valence-electron chi connectivity index (χ1n) is 5.93. The molecule has 17 heavy (non-hydrogen) atoms. The number of H-pyrrole nitrogens is 1. The number of likely N-dealkylation sites (N-methyl/N-ethyl adjacent to an activating group) is 1. The normalized spacial score (nSPS) is 12.5. The molecule has 1 unspecified atom stereocenters. The van der Waals surface area contributed by atoms with Crippen LogP contribution in [0.3, 0.4) is 0 Å². The Morgan fingerprint density at radius 1 is 1.59 bits per heavy atom. The van der Waals surface area contributed by atoms with Crippen molar-refractivity contribution < 1.29 is 4.79 Å². The summed E-state index contributed by atoms with van der Waals surface area (Å²) in [6.45, 7) is 4.30. The predicted molar refractivity (Wildman–Crippen MR) is 65.1 cm³/mol. The van der Waals surface area contributed by atoms with Gasteiger partial charge in [-0.05, 0) is 13.3 Å². The third kappa shape index (κ3) is 4.14. The van der Waals surface area contributed by atoms with Gasteiger partial charge in [-0.1, -0.05) is 19.8 Å². The van der Waals surface area contributed by atoms with Crippen molar-refractivity contribution in [3.05, 3.63) is 11.6 Å².